The molecule has 2 aromatic rings. The van der Waals surface area contributed by atoms with Crippen molar-refractivity contribution >= 4 is 47.4 Å². The van der Waals surface area contributed by atoms with Gasteiger partial charge in [-0.15, -0.1) is 0 Å². The molecular formula is C55H80N10O10. The first kappa shape index (κ1) is 56.6. The topological polar surface area (TPSA) is 272 Å². The molecule has 2 aliphatic heterocycles. The van der Waals surface area contributed by atoms with Crippen molar-refractivity contribution in [3.8, 4) is 0 Å². The number of carboxylic acids is 1. The molecular weight excluding hydrogens is 961 g/mol. The maximum absolute atomic E-state index is 14.0. The van der Waals surface area contributed by atoms with Gasteiger partial charge in [-0.05, 0) is 71.0 Å². The molecule has 4 aliphatic carbocycles. The van der Waals surface area contributed by atoms with Crippen LogP contribution in [0.1, 0.15) is 154 Å². The van der Waals surface area contributed by atoms with Gasteiger partial charge in [0.1, 0.15) is 47.6 Å². The van der Waals surface area contributed by atoms with Crippen LogP contribution in [-0.2, 0) is 33.5 Å². The Bertz CT molecular complexity index is 2450. The maximum Gasteiger partial charge on any atom is 0.328 e. The number of carboxylic acid groups (broad SMARTS) is 1. The minimum Gasteiger partial charge on any atom is -0.480 e. The van der Waals surface area contributed by atoms with Crippen LogP contribution >= 0.6 is 0 Å². The number of nitrogens with one attached hydrogen (secondary N) is 4. The Hall–Kier alpha value is -6.08. The first-order valence-electron chi connectivity index (χ1n) is 26.9. The van der Waals surface area contributed by atoms with Gasteiger partial charge in [-0.1, -0.05) is 108 Å². The number of fused-ring (bicyclic) bond motifs is 2. The van der Waals surface area contributed by atoms with Crippen molar-refractivity contribution in [3.05, 3.63) is 48.6 Å². The quantitative estimate of drug-likeness (QED) is 0.162. The highest BCUT2D eigenvalue weighted by Crippen LogP contribution is 2.66. The molecule has 6 amide bonds. The third-order valence-corrected chi connectivity index (χ3v) is 17.5. The highest BCUT2D eigenvalue weighted by atomic mass is 16.5. The van der Waals surface area contributed by atoms with E-state index in [0.29, 0.717) is 13.1 Å². The van der Waals surface area contributed by atoms with E-state index in [0.717, 1.165) is 64.2 Å². The molecule has 20 heteroatoms. The zero-order chi connectivity index (χ0) is 54.9. The van der Waals surface area contributed by atoms with E-state index in [-0.39, 0.29) is 69.5 Å². The lowest BCUT2D eigenvalue weighted by Crippen LogP contribution is -2.61. The molecule has 6 fully saturated rings. The van der Waals surface area contributed by atoms with Crippen molar-refractivity contribution < 1.29 is 48.2 Å². The normalized spacial score (nSPS) is 26.3. The Morgan fingerprint density at radius 3 is 1.29 bits per heavy atom. The van der Waals surface area contributed by atoms with E-state index in [1.54, 1.807) is 4.90 Å². The van der Waals surface area contributed by atoms with Crippen molar-refractivity contribution in [2.24, 2.45) is 57.2 Å². The van der Waals surface area contributed by atoms with Gasteiger partial charge in [-0.25, -0.2) is 19.6 Å². The number of piperidine rings is 2. The highest BCUT2D eigenvalue weighted by Gasteiger charge is 2.71. The molecule has 10 atom stereocenters. The summed E-state index contributed by atoms with van der Waals surface area (Å²) in [7, 11) is 1.34. The van der Waals surface area contributed by atoms with Crippen molar-refractivity contribution in [2.45, 2.75) is 170 Å². The van der Waals surface area contributed by atoms with E-state index in [9.17, 15) is 43.5 Å². The number of ether oxygens (including phenoxy) is 1. The summed E-state index contributed by atoms with van der Waals surface area (Å²) >= 11 is 0. The molecule has 8 rings (SSSR count). The molecule has 2 saturated heterocycles. The second-order valence-electron chi connectivity index (χ2n) is 25.1. The highest BCUT2D eigenvalue weighted by molar-refractivity contribution is 5.99. The summed E-state index contributed by atoms with van der Waals surface area (Å²) in [6, 6.07) is -5.05. The predicted molar refractivity (Wildman–Crippen MR) is 275 cm³/mol. The molecule has 0 radical (unpaired) electrons. The molecule has 4 heterocycles. The van der Waals surface area contributed by atoms with Crippen molar-refractivity contribution in [2.75, 3.05) is 20.2 Å². The van der Waals surface area contributed by atoms with Crippen LogP contribution in [-0.4, -0.2) is 139 Å². The fourth-order valence-corrected chi connectivity index (χ4v) is 12.8. The standard InChI is InChI=1S/C28H41N5O5.C27H39N5O5/c1-27(2,3)22(25(36)33-15-17-19(28(17,4)5)21(33)26(37)38-6)32-24(35)20(16-10-8-7-9-11-16)31-23(34)18-14-29-12-13-30-18;1-26(2,3)21(24(35)32-14-16-18(27(16,4)5)20(32)25(36)37)31-23(34)19(15-9-7-6-8-10-15)30-22(33)17-13-28-11-12-29-17/h12-14,16-17,19-22H,7-11,15H2,1-6H3,(H,31,34)(H,32,35);11-13,15-16,18-21H,6-10,14H2,1-5H3,(H,30,33)(H,31,34)(H,36,37)/t17-,19-,20-,21-,22+;16-,18-,19-,20-,21+/m00/s1. The summed E-state index contributed by atoms with van der Waals surface area (Å²) in [4.78, 5) is 125. The first-order chi connectivity index (χ1) is 35.2. The smallest absolute Gasteiger partial charge is 0.328 e. The molecule has 0 unspecified atom stereocenters. The third-order valence-electron chi connectivity index (χ3n) is 17.5. The summed E-state index contributed by atoms with van der Waals surface area (Å²) in [5.41, 5.74) is -1.22. The number of hydrogen-bond acceptors (Lipinski definition) is 13. The van der Waals surface area contributed by atoms with E-state index < -0.39 is 82.6 Å². The Kier molecular flexibility index (Phi) is 16.8. The van der Waals surface area contributed by atoms with Crippen LogP contribution in [0.25, 0.3) is 0 Å². The minimum atomic E-state index is -1.01. The summed E-state index contributed by atoms with van der Waals surface area (Å²) in [5.74, 6) is -3.76. The van der Waals surface area contributed by atoms with Gasteiger partial charge < -0.3 is 40.9 Å². The third kappa shape index (κ3) is 12.1. The second kappa shape index (κ2) is 22.3. The molecule has 4 saturated carbocycles. The molecule has 0 aromatic carbocycles. The number of likely N-dealkylation sites (tertiary alicyclic amines) is 2. The van der Waals surface area contributed by atoms with Gasteiger partial charge in [0.2, 0.25) is 23.6 Å². The zero-order valence-electron chi connectivity index (χ0n) is 45.7. The molecule has 20 nitrogen and oxygen atoms in total. The summed E-state index contributed by atoms with van der Waals surface area (Å²) in [6.45, 7) is 20.3. The Morgan fingerprint density at radius 2 is 0.960 bits per heavy atom. The van der Waals surface area contributed by atoms with Crippen LogP contribution in [0.4, 0.5) is 0 Å². The lowest BCUT2D eigenvalue weighted by atomic mass is 9.82. The molecule has 2 aromatic heterocycles. The number of esters is 1. The fourth-order valence-electron chi connectivity index (χ4n) is 12.8. The number of methoxy groups -OCH3 is 1. The van der Waals surface area contributed by atoms with E-state index >= 15 is 0 Å². The van der Waals surface area contributed by atoms with Gasteiger partial charge in [-0.2, -0.15) is 0 Å². The number of carbonyl (C=O) groups is 8. The number of rotatable bonds is 14. The molecule has 0 spiro atoms. The summed E-state index contributed by atoms with van der Waals surface area (Å²) in [5, 5.41) is 21.6. The molecule has 75 heavy (non-hydrogen) atoms. The SMILES string of the molecule is CC(C)(C)[C@H](NC(=O)[C@@H](NC(=O)c1cnccn1)C1CCCCC1)C(=O)N1C[C@H]2[C@@H]([C@H]1C(=O)O)C2(C)C.COC(=O)[C@@H]1[C@@H]2[C@H](CN1C(=O)[C@@H](NC(=O)[C@@H](NC(=O)c1cnccn1)C1CCCCC1)C(C)(C)C)C2(C)C. The number of aliphatic carboxylic acids is 1. The largest absolute Gasteiger partial charge is 0.480 e. The first-order valence-corrected chi connectivity index (χ1v) is 26.9. The monoisotopic (exact) mass is 1040 g/mol. The molecule has 5 N–H and O–H groups in total. The van der Waals surface area contributed by atoms with Gasteiger partial charge in [0.15, 0.2) is 0 Å². The van der Waals surface area contributed by atoms with Gasteiger partial charge in [0, 0.05) is 49.7 Å². The average Bonchev–Trinajstić information content (AvgIpc) is 3.82. The summed E-state index contributed by atoms with van der Waals surface area (Å²) in [6.07, 6.45) is 17.7. The fraction of sp³-hybridized carbons (Fsp3) is 0.709. The Morgan fingerprint density at radius 1 is 0.587 bits per heavy atom. The van der Waals surface area contributed by atoms with Crippen LogP contribution in [0.15, 0.2) is 37.2 Å². The minimum absolute atomic E-state index is 0.0349. The van der Waals surface area contributed by atoms with Crippen LogP contribution in [0.2, 0.25) is 0 Å². The number of nitrogens with zero attached hydrogens (tertiary/aromatic N) is 6. The van der Waals surface area contributed by atoms with Gasteiger partial charge in [0.05, 0.1) is 19.5 Å². The van der Waals surface area contributed by atoms with Crippen LogP contribution < -0.4 is 21.3 Å². The maximum atomic E-state index is 14.0. The van der Waals surface area contributed by atoms with Gasteiger partial charge in [0.25, 0.3) is 11.8 Å². The average molecular weight is 1040 g/mol. The molecule has 0 bridgehead atoms. The van der Waals surface area contributed by atoms with E-state index in [2.05, 4.69) is 55.1 Å². The van der Waals surface area contributed by atoms with Crippen molar-refractivity contribution in [3.63, 3.8) is 0 Å². The van der Waals surface area contributed by atoms with E-state index in [1.165, 1.54) is 49.2 Å². The number of aromatic nitrogens is 4. The van der Waals surface area contributed by atoms with Crippen LogP contribution in [0, 0.1) is 57.2 Å². The van der Waals surface area contributed by atoms with Gasteiger partial charge >= 0.3 is 11.9 Å². The Balaban J connectivity index is 0.000000219. The second-order valence-corrected chi connectivity index (χ2v) is 25.1. The number of carbonyl (C=O) groups excluding carboxylic acids is 7. The lowest BCUT2D eigenvalue weighted by molar-refractivity contribution is -0.155. The summed E-state index contributed by atoms with van der Waals surface area (Å²) < 4.78 is 5.08. The molecule has 410 valence electrons. The van der Waals surface area contributed by atoms with E-state index in [1.807, 2.05) is 55.4 Å². The lowest BCUT2D eigenvalue weighted by Gasteiger charge is -2.38. The molecule has 6 aliphatic rings. The van der Waals surface area contributed by atoms with Crippen LogP contribution in [0.3, 0.4) is 0 Å². The van der Waals surface area contributed by atoms with E-state index in [4.69, 9.17) is 4.74 Å². The Labute approximate surface area is 440 Å². The zero-order valence-corrected chi connectivity index (χ0v) is 45.7. The van der Waals surface area contributed by atoms with Crippen molar-refractivity contribution in [1.82, 2.24) is 51.0 Å². The number of amides is 6. The van der Waals surface area contributed by atoms with Crippen molar-refractivity contribution in [1.29, 1.82) is 0 Å². The predicted octanol–water partition coefficient (Wildman–Crippen LogP) is 4.60. The number of hydrogen-bond donors (Lipinski definition) is 5. The van der Waals surface area contributed by atoms with Crippen LogP contribution in [0.5, 0.6) is 0 Å². The van der Waals surface area contributed by atoms with Gasteiger partial charge in [-0.3, -0.25) is 38.7 Å².